The third-order valence-electron chi connectivity index (χ3n) is 3.12. The van der Waals surface area contributed by atoms with Crippen LogP contribution in [0, 0.1) is 11.3 Å². The normalized spacial score (nSPS) is 14.0. The van der Waals surface area contributed by atoms with Crippen molar-refractivity contribution in [2.75, 3.05) is 19.5 Å². The molecule has 0 bridgehead atoms. The summed E-state index contributed by atoms with van der Waals surface area (Å²) in [5.41, 5.74) is 3.21. The molecule has 0 saturated heterocycles. The molecule has 3 nitrogen and oxygen atoms in total. The van der Waals surface area contributed by atoms with Crippen LogP contribution in [0.2, 0.25) is 0 Å². The molecule has 2 rings (SSSR count). The van der Waals surface area contributed by atoms with Crippen molar-refractivity contribution >= 4 is 11.8 Å². The third kappa shape index (κ3) is 3.24. The van der Waals surface area contributed by atoms with Crippen molar-refractivity contribution in [1.82, 2.24) is 4.98 Å². The number of thioether (sulfide) groups is 1. The Morgan fingerprint density at radius 3 is 3.06 bits per heavy atom. The third-order valence-corrected chi connectivity index (χ3v) is 4.20. The molecule has 0 amide bonds. The predicted octanol–water partition coefficient (Wildman–Crippen LogP) is 2.96. The quantitative estimate of drug-likeness (QED) is 0.604. The maximum atomic E-state index is 9.19. The van der Waals surface area contributed by atoms with Gasteiger partial charge < -0.3 is 4.74 Å². The lowest BCUT2D eigenvalue weighted by molar-refractivity contribution is 0.200. The maximum Gasteiger partial charge on any atom is 0.114 e. The van der Waals surface area contributed by atoms with E-state index in [0.29, 0.717) is 0 Å². The smallest absolute Gasteiger partial charge is 0.114 e. The summed E-state index contributed by atoms with van der Waals surface area (Å²) in [7, 11) is 1.71. The second-order valence-corrected chi connectivity index (χ2v) is 5.54. The SMILES string of the molecule is COCCCSc1nc2c(cc1C#N)CCCC2. The van der Waals surface area contributed by atoms with Crippen LogP contribution in [0.5, 0.6) is 0 Å². The van der Waals surface area contributed by atoms with E-state index in [1.165, 1.54) is 24.1 Å². The van der Waals surface area contributed by atoms with Gasteiger partial charge in [0, 0.05) is 25.2 Å². The van der Waals surface area contributed by atoms with Crippen LogP contribution in [0.4, 0.5) is 0 Å². The molecular formula is C14H18N2OS. The lowest BCUT2D eigenvalue weighted by atomic mass is 9.95. The van der Waals surface area contributed by atoms with E-state index in [0.717, 1.165) is 42.2 Å². The van der Waals surface area contributed by atoms with E-state index in [4.69, 9.17) is 4.74 Å². The number of ether oxygens (including phenoxy) is 1. The van der Waals surface area contributed by atoms with E-state index in [9.17, 15) is 5.26 Å². The van der Waals surface area contributed by atoms with Gasteiger partial charge >= 0.3 is 0 Å². The van der Waals surface area contributed by atoms with Gasteiger partial charge in [-0.1, -0.05) is 0 Å². The number of pyridine rings is 1. The van der Waals surface area contributed by atoms with Crippen LogP contribution in [-0.2, 0) is 17.6 Å². The van der Waals surface area contributed by atoms with E-state index < -0.39 is 0 Å². The van der Waals surface area contributed by atoms with Crippen LogP contribution in [0.1, 0.15) is 36.1 Å². The lowest BCUT2D eigenvalue weighted by Gasteiger charge is -2.16. The van der Waals surface area contributed by atoms with E-state index in [2.05, 4.69) is 11.1 Å². The molecule has 0 spiro atoms. The Balaban J connectivity index is 2.11. The summed E-state index contributed by atoms with van der Waals surface area (Å²) in [4.78, 5) is 4.68. The fourth-order valence-corrected chi connectivity index (χ4v) is 3.07. The predicted molar refractivity (Wildman–Crippen MR) is 72.8 cm³/mol. The first kappa shape index (κ1) is 13.4. The summed E-state index contributed by atoms with van der Waals surface area (Å²) >= 11 is 1.67. The van der Waals surface area contributed by atoms with Crippen molar-refractivity contribution in [3.63, 3.8) is 0 Å². The molecule has 1 heterocycles. The van der Waals surface area contributed by atoms with Gasteiger partial charge in [-0.25, -0.2) is 4.98 Å². The van der Waals surface area contributed by atoms with Crippen LogP contribution in [0.3, 0.4) is 0 Å². The molecule has 0 atom stereocenters. The van der Waals surface area contributed by atoms with E-state index in [-0.39, 0.29) is 0 Å². The molecule has 1 aliphatic rings. The van der Waals surface area contributed by atoms with Gasteiger partial charge in [-0.2, -0.15) is 5.26 Å². The largest absolute Gasteiger partial charge is 0.385 e. The minimum atomic E-state index is 0.734. The highest BCUT2D eigenvalue weighted by atomic mass is 32.2. The summed E-state index contributed by atoms with van der Waals surface area (Å²) in [6.07, 6.45) is 5.57. The van der Waals surface area contributed by atoms with Crippen LogP contribution in [-0.4, -0.2) is 24.5 Å². The fourth-order valence-electron chi connectivity index (χ4n) is 2.18. The maximum absolute atomic E-state index is 9.19. The number of hydrogen-bond acceptors (Lipinski definition) is 4. The zero-order valence-corrected chi connectivity index (χ0v) is 11.6. The van der Waals surface area contributed by atoms with Crippen LogP contribution in [0.15, 0.2) is 11.1 Å². The minimum Gasteiger partial charge on any atom is -0.385 e. The Morgan fingerprint density at radius 2 is 2.28 bits per heavy atom. The second-order valence-electron chi connectivity index (χ2n) is 4.46. The summed E-state index contributed by atoms with van der Waals surface area (Å²) in [5.74, 6) is 0.953. The number of nitrogens with zero attached hydrogens (tertiary/aromatic N) is 2. The van der Waals surface area contributed by atoms with Crippen LogP contribution >= 0.6 is 11.8 Å². The van der Waals surface area contributed by atoms with Gasteiger partial charge in [0.1, 0.15) is 11.1 Å². The van der Waals surface area contributed by atoms with Gasteiger partial charge in [-0.15, -0.1) is 11.8 Å². The molecule has 1 aliphatic carbocycles. The molecule has 1 aromatic heterocycles. The molecule has 0 aliphatic heterocycles. The van der Waals surface area contributed by atoms with Gasteiger partial charge in [-0.3, -0.25) is 0 Å². The van der Waals surface area contributed by atoms with E-state index in [1.54, 1.807) is 18.9 Å². The number of nitriles is 1. The van der Waals surface area contributed by atoms with Crippen molar-refractivity contribution in [2.24, 2.45) is 0 Å². The Labute approximate surface area is 113 Å². The molecule has 1 aromatic rings. The molecule has 4 heteroatoms. The van der Waals surface area contributed by atoms with Gasteiger partial charge in [0.15, 0.2) is 0 Å². The standard InChI is InChI=1S/C14H18N2OS/c1-17-7-4-8-18-14-12(10-15)9-11-5-2-3-6-13(11)16-14/h9H,2-8H2,1H3. The van der Waals surface area contributed by atoms with Crippen molar-refractivity contribution < 1.29 is 4.74 Å². The van der Waals surface area contributed by atoms with Crippen molar-refractivity contribution in [1.29, 1.82) is 5.26 Å². The molecule has 0 unspecified atom stereocenters. The monoisotopic (exact) mass is 262 g/mol. The molecule has 96 valence electrons. The van der Waals surface area contributed by atoms with Gasteiger partial charge in [0.2, 0.25) is 0 Å². The Hall–Kier alpha value is -1.05. The number of rotatable bonds is 5. The van der Waals surface area contributed by atoms with Gasteiger partial charge in [0.25, 0.3) is 0 Å². The zero-order valence-electron chi connectivity index (χ0n) is 10.7. The number of aromatic nitrogens is 1. The molecule has 0 fully saturated rings. The van der Waals surface area contributed by atoms with Crippen LogP contribution < -0.4 is 0 Å². The summed E-state index contributed by atoms with van der Waals surface area (Å²) in [6, 6.07) is 4.31. The minimum absolute atomic E-state index is 0.734. The van der Waals surface area contributed by atoms with Crippen molar-refractivity contribution in [3.05, 3.63) is 22.9 Å². The van der Waals surface area contributed by atoms with Gasteiger partial charge in [0.05, 0.1) is 5.56 Å². The first-order valence-corrected chi connectivity index (χ1v) is 7.38. The molecule has 18 heavy (non-hydrogen) atoms. The van der Waals surface area contributed by atoms with E-state index in [1.807, 2.05) is 6.07 Å². The first-order chi connectivity index (χ1) is 8.85. The summed E-state index contributed by atoms with van der Waals surface area (Å²) < 4.78 is 5.03. The molecule has 0 N–H and O–H groups in total. The molecular weight excluding hydrogens is 244 g/mol. The molecule has 0 saturated carbocycles. The lowest BCUT2D eigenvalue weighted by Crippen LogP contribution is -2.07. The number of methoxy groups -OCH3 is 1. The average molecular weight is 262 g/mol. The number of aryl methyl sites for hydroxylation is 2. The van der Waals surface area contributed by atoms with E-state index >= 15 is 0 Å². The van der Waals surface area contributed by atoms with Crippen molar-refractivity contribution in [2.45, 2.75) is 37.1 Å². The zero-order chi connectivity index (χ0) is 12.8. The van der Waals surface area contributed by atoms with Crippen molar-refractivity contribution in [3.8, 4) is 6.07 Å². The number of hydrogen-bond donors (Lipinski definition) is 0. The Bertz CT molecular complexity index is 454. The average Bonchev–Trinajstić information content (AvgIpc) is 2.42. The summed E-state index contributed by atoms with van der Waals surface area (Å²) in [5, 5.41) is 10.1. The highest BCUT2D eigenvalue weighted by Crippen LogP contribution is 2.27. The van der Waals surface area contributed by atoms with Gasteiger partial charge in [-0.05, 0) is 43.7 Å². The Morgan fingerprint density at radius 1 is 1.44 bits per heavy atom. The summed E-state index contributed by atoms with van der Waals surface area (Å²) in [6.45, 7) is 0.764. The second kappa shape index (κ2) is 6.77. The molecule has 0 aromatic carbocycles. The highest BCUT2D eigenvalue weighted by molar-refractivity contribution is 7.99. The fraction of sp³-hybridized carbons (Fsp3) is 0.571. The van der Waals surface area contributed by atoms with Crippen LogP contribution in [0.25, 0.3) is 0 Å². The molecule has 0 radical (unpaired) electrons. The Kier molecular flexibility index (Phi) is 5.03. The number of fused-ring (bicyclic) bond motifs is 1. The first-order valence-electron chi connectivity index (χ1n) is 6.40. The highest BCUT2D eigenvalue weighted by Gasteiger charge is 2.15. The topological polar surface area (TPSA) is 45.9 Å².